The van der Waals surface area contributed by atoms with Gasteiger partial charge >= 0.3 is 5.97 Å². The number of ketones is 1. The molecule has 8 heteroatoms. The van der Waals surface area contributed by atoms with Crippen LogP contribution in [0.2, 0.25) is 0 Å². The number of nitrogens with one attached hydrogen (secondary N) is 1. The first-order valence-electron chi connectivity index (χ1n) is 16.3. The Labute approximate surface area is 277 Å². The third-order valence-electron chi connectivity index (χ3n) is 8.09. The summed E-state index contributed by atoms with van der Waals surface area (Å²) >= 11 is 0. The van der Waals surface area contributed by atoms with Gasteiger partial charge in [0.05, 0.1) is 6.61 Å². The minimum Gasteiger partial charge on any atom is -0.494 e. The number of rotatable bonds is 16. The minimum absolute atomic E-state index is 0.0430. The van der Waals surface area contributed by atoms with E-state index in [2.05, 4.69) is 43.0 Å². The van der Waals surface area contributed by atoms with E-state index < -0.39 is 24.3 Å². The zero-order chi connectivity index (χ0) is 33.8. The monoisotopic (exact) mass is 635 g/mol. The molecule has 0 saturated carbocycles. The molecule has 1 amide bonds. The molecule has 0 aliphatic carbocycles. The van der Waals surface area contributed by atoms with Gasteiger partial charge in [0, 0.05) is 41.4 Å². The first-order valence-corrected chi connectivity index (χ1v) is 16.3. The van der Waals surface area contributed by atoms with Crippen molar-refractivity contribution in [2.75, 3.05) is 13.2 Å². The number of carbonyl (C=O) groups excluding carboxylic acids is 2. The van der Waals surface area contributed by atoms with Crippen LogP contribution in [-0.4, -0.2) is 45.9 Å². The van der Waals surface area contributed by atoms with Gasteiger partial charge in [0.15, 0.2) is 11.6 Å². The molecule has 47 heavy (non-hydrogen) atoms. The van der Waals surface area contributed by atoms with Crippen LogP contribution in [-0.2, 0) is 21.4 Å². The van der Waals surface area contributed by atoms with Crippen molar-refractivity contribution in [2.45, 2.75) is 71.6 Å². The summed E-state index contributed by atoms with van der Waals surface area (Å²) in [7, 11) is 0. The number of unbranched alkanes of at least 4 members (excludes halogenated alkanes) is 3. The Morgan fingerprint density at radius 3 is 2.04 bits per heavy atom. The quantitative estimate of drug-likeness (QED) is 0.0957. The molecule has 1 atom stereocenters. The van der Waals surface area contributed by atoms with Crippen molar-refractivity contribution in [1.82, 2.24) is 15.3 Å². The lowest BCUT2D eigenvalue weighted by Gasteiger charge is -2.19. The third-order valence-corrected chi connectivity index (χ3v) is 8.09. The molecule has 4 rings (SSSR count). The summed E-state index contributed by atoms with van der Waals surface area (Å²) in [6.45, 7) is 8.72. The van der Waals surface area contributed by atoms with Crippen LogP contribution in [0.25, 0.3) is 22.5 Å². The van der Waals surface area contributed by atoms with Gasteiger partial charge in [0.2, 0.25) is 5.91 Å². The lowest BCUT2D eigenvalue weighted by Crippen LogP contribution is -2.36. The number of carboxylic acid groups (broad SMARTS) is 1. The van der Waals surface area contributed by atoms with Gasteiger partial charge in [-0.3, -0.25) is 14.4 Å². The molecule has 1 aromatic heterocycles. The lowest BCUT2D eigenvalue weighted by atomic mass is 9.85. The summed E-state index contributed by atoms with van der Waals surface area (Å²) in [5, 5.41) is 11.5. The Bertz CT molecular complexity index is 1610. The summed E-state index contributed by atoms with van der Waals surface area (Å²) in [5.74, 6) is -1.10. The molecule has 2 N–H and O–H groups in total. The smallest absolute Gasteiger partial charge is 0.322 e. The molecule has 0 saturated heterocycles. The van der Waals surface area contributed by atoms with Gasteiger partial charge in [-0.15, -0.1) is 0 Å². The SMILES string of the molecule is CCCCCCOc1ccc(-c2cnc(-c3ccc(C[C@H](CC(=O)c4ccc(C(C)(C)C)cc4)C(=O)NCC(=O)O)cc3)nc2)cc1. The lowest BCUT2D eigenvalue weighted by molar-refractivity contribution is -0.138. The molecule has 0 unspecified atom stereocenters. The molecule has 1 heterocycles. The topological polar surface area (TPSA) is 118 Å². The molecule has 0 aliphatic rings. The predicted molar refractivity (Wildman–Crippen MR) is 184 cm³/mol. The van der Waals surface area contributed by atoms with Gasteiger partial charge < -0.3 is 15.2 Å². The molecule has 0 bridgehead atoms. The average Bonchev–Trinajstić information content (AvgIpc) is 3.07. The van der Waals surface area contributed by atoms with Crippen molar-refractivity contribution in [3.8, 4) is 28.3 Å². The Balaban J connectivity index is 1.40. The molecule has 246 valence electrons. The number of hydrogen-bond donors (Lipinski definition) is 2. The van der Waals surface area contributed by atoms with E-state index in [4.69, 9.17) is 9.84 Å². The van der Waals surface area contributed by atoms with Crippen LogP contribution in [0.15, 0.2) is 85.2 Å². The van der Waals surface area contributed by atoms with Crippen LogP contribution < -0.4 is 10.1 Å². The molecular formula is C39H45N3O5. The second-order valence-corrected chi connectivity index (χ2v) is 12.9. The predicted octanol–water partition coefficient (Wildman–Crippen LogP) is 7.70. The Kier molecular flexibility index (Phi) is 12.4. The second-order valence-electron chi connectivity index (χ2n) is 12.9. The maximum Gasteiger partial charge on any atom is 0.322 e. The number of ether oxygens (including phenoxy) is 1. The van der Waals surface area contributed by atoms with Gasteiger partial charge in [-0.05, 0) is 47.1 Å². The molecule has 4 aromatic rings. The average molecular weight is 636 g/mol. The molecule has 8 nitrogen and oxygen atoms in total. The molecule has 0 spiro atoms. The number of carbonyl (C=O) groups is 3. The zero-order valence-electron chi connectivity index (χ0n) is 27.8. The number of amides is 1. The number of Topliss-reactive ketones (excluding diaryl/α,β-unsaturated/α-hetero) is 1. The largest absolute Gasteiger partial charge is 0.494 e. The van der Waals surface area contributed by atoms with Crippen LogP contribution in [0.1, 0.15) is 81.3 Å². The van der Waals surface area contributed by atoms with E-state index in [-0.39, 0.29) is 24.0 Å². The Hall–Kier alpha value is -4.85. The van der Waals surface area contributed by atoms with E-state index in [1.165, 1.54) is 19.3 Å². The summed E-state index contributed by atoms with van der Waals surface area (Å²) in [6.07, 6.45) is 8.49. The fourth-order valence-electron chi connectivity index (χ4n) is 5.23. The zero-order valence-corrected chi connectivity index (χ0v) is 27.8. The van der Waals surface area contributed by atoms with E-state index in [1.807, 2.05) is 60.7 Å². The third kappa shape index (κ3) is 10.6. The highest BCUT2D eigenvalue weighted by Gasteiger charge is 2.24. The van der Waals surface area contributed by atoms with Crippen molar-refractivity contribution >= 4 is 17.7 Å². The first-order chi connectivity index (χ1) is 22.5. The highest BCUT2D eigenvalue weighted by Crippen LogP contribution is 2.26. The van der Waals surface area contributed by atoms with Crippen LogP contribution in [0.3, 0.4) is 0 Å². The second kappa shape index (κ2) is 16.6. The van der Waals surface area contributed by atoms with Gasteiger partial charge in [-0.2, -0.15) is 0 Å². The van der Waals surface area contributed by atoms with E-state index in [1.54, 1.807) is 24.5 Å². The molecule has 0 radical (unpaired) electrons. The first kappa shape index (κ1) is 35.0. The van der Waals surface area contributed by atoms with Crippen molar-refractivity contribution in [3.05, 3.63) is 102 Å². The molecular weight excluding hydrogens is 590 g/mol. The number of benzene rings is 3. The van der Waals surface area contributed by atoms with Crippen molar-refractivity contribution in [3.63, 3.8) is 0 Å². The fourth-order valence-corrected chi connectivity index (χ4v) is 5.23. The maximum atomic E-state index is 13.2. The number of aromatic nitrogens is 2. The van der Waals surface area contributed by atoms with Crippen LogP contribution in [0.4, 0.5) is 0 Å². The minimum atomic E-state index is -1.14. The van der Waals surface area contributed by atoms with Crippen molar-refractivity contribution in [1.29, 1.82) is 0 Å². The molecule has 3 aromatic carbocycles. The summed E-state index contributed by atoms with van der Waals surface area (Å²) in [6, 6.07) is 22.9. The van der Waals surface area contributed by atoms with E-state index in [9.17, 15) is 14.4 Å². The van der Waals surface area contributed by atoms with Crippen molar-refractivity contribution < 1.29 is 24.2 Å². The highest BCUT2D eigenvalue weighted by molar-refractivity contribution is 5.99. The maximum absolute atomic E-state index is 13.2. The Morgan fingerprint density at radius 2 is 1.45 bits per heavy atom. The number of carboxylic acids is 1. The van der Waals surface area contributed by atoms with Gasteiger partial charge in [0.25, 0.3) is 0 Å². The van der Waals surface area contributed by atoms with E-state index in [0.717, 1.165) is 46.6 Å². The fraction of sp³-hybridized carbons (Fsp3) is 0.359. The van der Waals surface area contributed by atoms with E-state index in [0.29, 0.717) is 11.4 Å². The van der Waals surface area contributed by atoms with E-state index >= 15 is 0 Å². The van der Waals surface area contributed by atoms with Crippen LogP contribution in [0.5, 0.6) is 5.75 Å². The van der Waals surface area contributed by atoms with Gasteiger partial charge in [-0.1, -0.05) is 108 Å². The number of nitrogens with zero attached hydrogens (tertiary/aromatic N) is 2. The number of hydrogen-bond acceptors (Lipinski definition) is 6. The normalized spacial score (nSPS) is 11.9. The molecule has 0 aliphatic heterocycles. The highest BCUT2D eigenvalue weighted by atomic mass is 16.5. The summed E-state index contributed by atoms with van der Waals surface area (Å²) < 4.78 is 5.85. The van der Waals surface area contributed by atoms with Crippen LogP contribution in [0, 0.1) is 5.92 Å². The number of aliphatic carboxylic acids is 1. The Morgan fingerprint density at radius 1 is 0.809 bits per heavy atom. The van der Waals surface area contributed by atoms with Crippen LogP contribution >= 0.6 is 0 Å². The van der Waals surface area contributed by atoms with Gasteiger partial charge in [-0.25, -0.2) is 9.97 Å². The molecule has 0 fully saturated rings. The summed E-state index contributed by atoms with van der Waals surface area (Å²) in [5.41, 5.74) is 5.13. The van der Waals surface area contributed by atoms with Gasteiger partial charge in [0.1, 0.15) is 12.3 Å². The standard InChI is InChI=1S/C39H45N3O5/c1-5-6-7-8-21-47-34-19-15-28(16-20-34)32-24-40-37(41-25-32)30-11-9-27(10-12-30)22-31(38(46)42-26-36(44)45)23-35(43)29-13-17-33(18-14-29)39(2,3)4/h9-20,24-25,31H,5-8,21-23,26H2,1-4H3,(H,42,46)(H,44,45)/t31-/m1/s1. The van der Waals surface area contributed by atoms with Crippen molar-refractivity contribution in [2.24, 2.45) is 5.92 Å². The summed E-state index contributed by atoms with van der Waals surface area (Å²) in [4.78, 5) is 46.4.